The van der Waals surface area contributed by atoms with Crippen molar-refractivity contribution in [2.75, 3.05) is 5.75 Å². The van der Waals surface area contributed by atoms with E-state index in [1.165, 1.54) is 12.1 Å². The number of alkyl halides is 3. The molecular formula is C11H9F3N2OS. The summed E-state index contributed by atoms with van der Waals surface area (Å²) in [5, 5.41) is 0.168. The van der Waals surface area contributed by atoms with Crippen molar-refractivity contribution in [1.82, 2.24) is 0 Å². The molecule has 96 valence electrons. The molecule has 0 saturated heterocycles. The molecule has 0 spiro atoms. The summed E-state index contributed by atoms with van der Waals surface area (Å²) in [6.45, 7) is 0. The zero-order valence-electron chi connectivity index (χ0n) is 9.07. The van der Waals surface area contributed by atoms with Crippen molar-refractivity contribution < 1.29 is 18.0 Å². The van der Waals surface area contributed by atoms with Crippen LogP contribution in [0.5, 0.6) is 0 Å². The Morgan fingerprint density at radius 3 is 2.72 bits per heavy atom. The van der Waals surface area contributed by atoms with Gasteiger partial charge >= 0.3 is 6.18 Å². The molecule has 0 bridgehead atoms. The molecule has 0 saturated carbocycles. The molecular weight excluding hydrogens is 265 g/mol. The third kappa shape index (κ3) is 2.73. The lowest BCUT2D eigenvalue weighted by Gasteiger charge is -2.07. The van der Waals surface area contributed by atoms with E-state index >= 15 is 0 Å². The van der Waals surface area contributed by atoms with Crippen molar-refractivity contribution in [2.24, 2.45) is 10.7 Å². The van der Waals surface area contributed by atoms with Crippen LogP contribution in [-0.2, 0) is 6.18 Å². The van der Waals surface area contributed by atoms with Gasteiger partial charge in [-0.3, -0.25) is 9.79 Å². The van der Waals surface area contributed by atoms with Gasteiger partial charge in [0.05, 0.1) is 5.56 Å². The van der Waals surface area contributed by atoms with Crippen LogP contribution in [0.4, 0.5) is 13.2 Å². The predicted molar refractivity (Wildman–Crippen MR) is 63.6 cm³/mol. The number of Topliss-reactive ketones (excluding diaryl/α,β-unsaturated/α-hetero) is 1. The fraction of sp³-hybridized carbons (Fsp3) is 0.273. The molecule has 0 amide bonds. The number of ketones is 1. The van der Waals surface area contributed by atoms with Crippen LogP contribution in [0.3, 0.4) is 0 Å². The first-order valence-electron chi connectivity index (χ1n) is 5.06. The summed E-state index contributed by atoms with van der Waals surface area (Å²) in [4.78, 5) is 15.8. The quantitative estimate of drug-likeness (QED) is 0.842. The summed E-state index contributed by atoms with van der Waals surface area (Å²) < 4.78 is 37.5. The number of nitrogens with zero attached hydrogens (tertiary/aromatic N) is 1. The molecule has 2 rings (SSSR count). The Balaban J connectivity index is 2.29. The number of carbonyl (C=O) groups excluding carboxylic acids is 1. The monoisotopic (exact) mass is 274 g/mol. The number of rotatable bonds is 2. The van der Waals surface area contributed by atoms with Gasteiger partial charge in [-0.15, -0.1) is 0 Å². The lowest BCUT2D eigenvalue weighted by molar-refractivity contribution is -0.137. The molecule has 1 aliphatic heterocycles. The fourth-order valence-electron chi connectivity index (χ4n) is 1.47. The van der Waals surface area contributed by atoms with Crippen molar-refractivity contribution in [2.45, 2.75) is 12.3 Å². The maximum atomic E-state index is 12.5. The highest BCUT2D eigenvalue weighted by atomic mass is 32.2. The number of carbonyl (C=O) groups is 1. The first-order valence-corrected chi connectivity index (χ1v) is 6.04. The van der Waals surface area contributed by atoms with E-state index in [0.717, 1.165) is 23.9 Å². The summed E-state index contributed by atoms with van der Waals surface area (Å²) in [7, 11) is 0. The van der Waals surface area contributed by atoms with Crippen LogP contribution >= 0.6 is 11.8 Å². The first-order chi connectivity index (χ1) is 8.38. The van der Waals surface area contributed by atoms with Gasteiger partial charge in [-0.25, -0.2) is 0 Å². The van der Waals surface area contributed by atoms with E-state index in [-0.39, 0.29) is 10.6 Å². The van der Waals surface area contributed by atoms with Gasteiger partial charge in [0.25, 0.3) is 0 Å². The van der Waals surface area contributed by atoms with Crippen LogP contribution in [0, 0.1) is 0 Å². The molecule has 1 aromatic carbocycles. The van der Waals surface area contributed by atoms with Gasteiger partial charge in [0, 0.05) is 11.3 Å². The van der Waals surface area contributed by atoms with Gasteiger partial charge in [-0.05, 0) is 12.1 Å². The smallest absolute Gasteiger partial charge is 0.309 e. The molecule has 0 radical (unpaired) electrons. The van der Waals surface area contributed by atoms with Gasteiger partial charge in [0.2, 0.25) is 5.78 Å². The molecule has 3 nitrogen and oxygen atoms in total. The molecule has 1 heterocycles. The third-order valence-electron chi connectivity index (χ3n) is 2.32. The van der Waals surface area contributed by atoms with E-state index in [1.807, 2.05) is 0 Å². The molecule has 2 N–H and O–H groups in total. The van der Waals surface area contributed by atoms with Gasteiger partial charge in [0.15, 0.2) is 0 Å². The standard InChI is InChI=1S/C11H9F3N2OS/c12-11(13,14)7-3-1-2-6(4-7)9(17)10-16-8(15)5-18-10/h1-4,8H,5,15H2. The van der Waals surface area contributed by atoms with Crippen molar-refractivity contribution >= 4 is 22.6 Å². The molecule has 1 aromatic rings. The molecule has 1 unspecified atom stereocenters. The number of thioether (sulfide) groups is 1. The van der Waals surface area contributed by atoms with Crippen LogP contribution < -0.4 is 5.73 Å². The fourth-order valence-corrected chi connectivity index (χ4v) is 2.34. The Morgan fingerprint density at radius 1 is 1.44 bits per heavy atom. The molecule has 1 atom stereocenters. The highest BCUT2D eigenvalue weighted by molar-refractivity contribution is 8.16. The van der Waals surface area contributed by atoms with E-state index in [2.05, 4.69) is 4.99 Å². The zero-order chi connectivity index (χ0) is 13.3. The minimum Gasteiger partial charge on any atom is -0.309 e. The number of nitrogens with two attached hydrogens (primary N) is 1. The Kier molecular flexibility index (Phi) is 3.45. The van der Waals surface area contributed by atoms with Crippen LogP contribution in [0.15, 0.2) is 29.3 Å². The Labute approximate surface area is 105 Å². The number of halogens is 3. The van der Waals surface area contributed by atoms with E-state index in [9.17, 15) is 18.0 Å². The largest absolute Gasteiger partial charge is 0.416 e. The van der Waals surface area contributed by atoms with Gasteiger partial charge in [-0.1, -0.05) is 23.9 Å². The van der Waals surface area contributed by atoms with E-state index in [4.69, 9.17) is 5.73 Å². The molecule has 0 aromatic heterocycles. The van der Waals surface area contributed by atoms with Crippen molar-refractivity contribution in [3.63, 3.8) is 0 Å². The van der Waals surface area contributed by atoms with Crippen molar-refractivity contribution in [3.8, 4) is 0 Å². The van der Waals surface area contributed by atoms with Crippen molar-refractivity contribution in [1.29, 1.82) is 0 Å². The topological polar surface area (TPSA) is 55.5 Å². The summed E-state index contributed by atoms with van der Waals surface area (Å²) in [6, 6.07) is 4.29. The molecule has 1 aliphatic rings. The number of hydrogen-bond donors (Lipinski definition) is 1. The summed E-state index contributed by atoms with van der Waals surface area (Å²) in [6.07, 6.45) is -4.92. The Morgan fingerprint density at radius 2 is 2.17 bits per heavy atom. The third-order valence-corrected chi connectivity index (χ3v) is 3.39. The second-order valence-corrected chi connectivity index (χ2v) is 4.73. The molecule has 18 heavy (non-hydrogen) atoms. The van der Waals surface area contributed by atoms with Gasteiger partial charge < -0.3 is 5.73 Å². The average molecular weight is 274 g/mol. The second-order valence-electron chi connectivity index (χ2n) is 3.72. The van der Waals surface area contributed by atoms with E-state index in [0.29, 0.717) is 5.75 Å². The maximum Gasteiger partial charge on any atom is 0.416 e. The Hall–Kier alpha value is -1.34. The average Bonchev–Trinajstić information content (AvgIpc) is 2.74. The summed E-state index contributed by atoms with van der Waals surface area (Å²) >= 11 is 1.16. The maximum absolute atomic E-state index is 12.5. The minimum absolute atomic E-state index is 0.0230. The molecule has 0 fully saturated rings. The van der Waals surface area contributed by atoms with E-state index < -0.39 is 23.7 Å². The normalized spacial score (nSPS) is 19.8. The lowest BCUT2D eigenvalue weighted by Crippen LogP contribution is -2.16. The summed E-state index contributed by atoms with van der Waals surface area (Å²) in [5.74, 6) is -0.0425. The van der Waals surface area contributed by atoms with Crippen LogP contribution in [0.2, 0.25) is 0 Å². The number of benzene rings is 1. The number of aliphatic imine (C=N–C) groups is 1. The minimum atomic E-state index is -4.46. The van der Waals surface area contributed by atoms with Crippen molar-refractivity contribution in [3.05, 3.63) is 35.4 Å². The Bertz CT molecular complexity index is 513. The second kappa shape index (κ2) is 4.74. The van der Waals surface area contributed by atoms with Gasteiger partial charge in [-0.2, -0.15) is 13.2 Å². The highest BCUT2D eigenvalue weighted by Gasteiger charge is 2.31. The van der Waals surface area contributed by atoms with Crippen LogP contribution in [0.1, 0.15) is 15.9 Å². The SMILES string of the molecule is NC1CSC(C(=O)c2cccc(C(F)(F)F)c2)=N1. The van der Waals surface area contributed by atoms with Crippen LogP contribution in [-0.4, -0.2) is 22.7 Å². The van der Waals surface area contributed by atoms with Crippen LogP contribution in [0.25, 0.3) is 0 Å². The lowest BCUT2D eigenvalue weighted by atomic mass is 10.1. The molecule has 0 aliphatic carbocycles. The van der Waals surface area contributed by atoms with Gasteiger partial charge in [0.1, 0.15) is 11.2 Å². The zero-order valence-corrected chi connectivity index (χ0v) is 9.89. The molecule has 7 heteroatoms. The summed E-state index contributed by atoms with van der Waals surface area (Å²) in [5.41, 5.74) is 4.63. The first kappa shape index (κ1) is 13.1. The number of hydrogen-bond acceptors (Lipinski definition) is 4. The predicted octanol–water partition coefficient (Wildman–Crippen LogP) is 2.32. The van der Waals surface area contributed by atoms with E-state index in [1.54, 1.807) is 0 Å². The highest BCUT2D eigenvalue weighted by Crippen LogP contribution is 2.30.